The van der Waals surface area contributed by atoms with Gasteiger partial charge in [0, 0.05) is 12.6 Å². The molecule has 0 bridgehead atoms. The second-order valence-electron chi connectivity index (χ2n) is 3.32. The first-order chi connectivity index (χ1) is 8.15. The fourth-order valence-electron chi connectivity index (χ4n) is 1.21. The van der Waals surface area contributed by atoms with Crippen molar-refractivity contribution in [3.05, 3.63) is 61.4 Å². The van der Waals surface area contributed by atoms with Crippen LogP contribution in [0.5, 0.6) is 5.75 Å². The van der Waals surface area contributed by atoms with Crippen LogP contribution in [0.25, 0.3) is 0 Å². The molecule has 0 aliphatic rings. The minimum absolute atomic E-state index is 0.1000. The van der Waals surface area contributed by atoms with Gasteiger partial charge in [-0.3, -0.25) is 4.79 Å². The van der Waals surface area contributed by atoms with Crippen molar-refractivity contribution in [2.75, 3.05) is 5.32 Å². The van der Waals surface area contributed by atoms with E-state index in [0.717, 1.165) is 5.69 Å². The average molecular weight is 229 g/mol. The van der Waals surface area contributed by atoms with Crippen molar-refractivity contribution in [2.45, 2.75) is 6.92 Å². The Bertz CT molecular complexity index is 444. The summed E-state index contributed by atoms with van der Waals surface area (Å²) in [7, 11) is 0. The molecule has 0 saturated heterocycles. The number of hydrogen-bond donors (Lipinski definition) is 1. The molecular formula is C14H15NO2. The van der Waals surface area contributed by atoms with Crippen molar-refractivity contribution < 1.29 is 9.53 Å². The number of anilines is 1. The second kappa shape index (κ2) is 6.33. The van der Waals surface area contributed by atoms with Gasteiger partial charge in [0.2, 0.25) is 5.91 Å². The third-order valence-electron chi connectivity index (χ3n) is 1.89. The highest BCUT2D eigenvalue weighted by Crippen LogP contribution is 2.18. The number of allylic oxidation sites excluding steroid dienone is 3. The topological polar surface area (TPSA) is 38.3 Å². The third-order valence-corrected chi connectivity index (χ3v) is 1.89. The smallest absolute Gasteiger partial charge is 0.221 e. The van der Waals surface area contributed by atoms with Crippen molar-refractivity contribution >= 4 is 11.6 Å². The molecule has 0 unspecified atom stereocenters. The number of nitrogens with one attached hydrogen (secondary N) is 1. The molecule has 0 aliphatic heterocycles. The maximum absolute atomic E-state index is 10.8. The first-order valence-corrected chi connectivity index (χ1v) is 5.16. The Morgan fingerprint density at radius 2 is 1.94 bits per heavy atom. The lowest BCUT2D eigenvalue weighted by Crippen LogP contribution is -2.05. The highest BCUT2D eigenvalue weighted by molar-refractivity contribution is 5.88. The Morgan fingerprint density at radius 1 is 1.29 bits per heavy atom. The highest BCUT2D eigenvalue weighted by atomic mass is 16.5. The van der Waals surface area contributed by atoms with E-state index in [1.54, 1.807) is 42.5 Å². The summed E-state index contributed by atoms with van der Waals surface area (Å²) >= 11 is 0. The van der Waals surface area contributed by atoms with Gasteiger partial charge < -0.3 is 10.1 Å². The highest BCUT2D eigenvalue weighted by Gasteiger charge is 1.98. The molecule has 0 spiro atoms. The van der Waals surface area contributed by atoms with E-state index in [-0.39, 0.29) is 5.91 Å². The summed E-state index contributed by atoms with van der Waals surface area (Å²) in [6, 6.07) is 7.08. The third kappa shape index (κ3) is 4.38. The fourth-order valence-corrected chi connectivity index (χ4v) is 1.21. The van der Waals surface area contributed by atoms with E-state index < -0.39 is 0 Å². The Balaban J connectivity index is 2.74. The number of carbonyl (C=O) groups is 1. The molecule has 0 aliphatic carbocycles. The Kier molecular flexibility index (Phi) is 4.76. The van der Waals surface area contributed by atoms with Crippen LogP contribution in [-0.2, 0) is 4.79 Å². The zero-order valence-corrected chi connectivity index (χ0v) is 9.77. The van der Waals surface area contributed by atoms with Crippen LogP contribution in [0.15, 0.2) is 61.4 Å². The van der Waals surface area contributed by atoms with Crippen LogP contribution in [0.1, 0.15) is 6.92 Å². The molecule has 0 saturated carbocycles. The zero-order valence-electron chi connectivity index (χ0n) is 9.77. The molecule has 1 amide bonds. The molecule has 0 radical (unpaired) electrons. The lowest BCUT2D eigenvalue weighted by Gasteiger charge is -2.07. The first kappa shape index (κ1) is 12.8. The van der Waals surface area contributed by atoms with Gasteiger partial charge in [0.05, 0.1) is 0 Å². The van der Waals surface area contributed by atoms with E-state index in [0.29, 0.717) is 11.5 Å². The molecule has 17 heavy (non-hydrogen) atoms. The predicted molar refractivity (Wildman–Crippen MR) is 69.9 cm³/mol. The van der Waals surface area contributed by atoms with Gasteiger partial charge in [-0.05, 0) is 36.4 Å². The first-order valence-electron chi connectivity index (χ1n) is 5.16. The number of rotatable bonds is 5. The zero-order chi connectivity index (χ0) is 12.7. The molecule has 88 valence electrons. The number of hydrogen-bond acceptors (Lipinski definition) is 2. The van der Waals surface area contributed by atoms with Crippen LogP contribution < -0.4 is 10.1 Å². The molecule has 0 heterocycles. The summed E-state index contributed by atoms with van der Waals surface area (Å²) in [6.07, 6.45) is 4.95. The minimum atomic E-state index is -0.1000. The monoisotopic (exact) mass is 229 g/mol. The van der Waals surface area contributed by atoms with Crippen LogP contribution in [0.3, 0.4) is 0 Å². The van der Waals surface area contributed by atoms with Crippen molar-refractivity contribution in [1.82, 2.24) is 0 Å². The summed E-state index contributed by atoms with van der Waals surface area (Å²) in [4.78, 5) is 10.8. The lowest BCUT2D eigenvalue weighted by molar-refractivity contribution is -0.114. The fraction of sp³-hybridized carbons (Fsp3) is 0.0714. The quantitative estimate of drug-likeness (QED) is 0.621. The number of benzene rings is 1. The molecule has 3 heteroatoms. The van der Waals surface area contributed by atoms with E-state index >= 15 is 0 Å². The van der Waals surface area contributed by atoms with Gasteiger partial charge in [0.15, 0.2) is 0 Å². The van der Waals surface area contributed by atoms with E-state index in [1.165, 1.54) is 6.92 Å². The Labute approximate surface area is 101 Å². The summed E-state index contributed by atoms with van der Waals surface area (Å²) < 4.78 is 5.52. The normalized spacial score (nSPS) is 10.5. The second-order valence-corrected chi connectivity index (χ2v) is 3.32. The van der Waals surface area contributed by atoms with Crippen LogP contribution in [0.4, 0.5) is 5.69 Å². The standard InChI is InChI=1S/C14H15NO2/c1-4-6-13(5-2)17-14-9-7-12(8-10-14)15-11(3)16/h4-10H,1-2H2,3H3,(H,15,16)/b13-6+. The maximum atomic E-state index is 10.8. The Hall–Kier alpha value is -2.29. The van der Waals surface area contributed by atoms with Crippen LogP contribution >= 0.6 is 0 Å². The van der Waals surface area contributed by atoms with E-state index in [1.807, 2.05) is 0 Å². The van der Waals surface area contributed by atoms with Crippen molar-refractivity contribution in [3.8, 4) is 5.75 Å². The summed E-state index contributed by atoms with van der Waals surface area (Å²) in [5.74, 6) is 1.19. The molecule has 1 aromatic carbocycles. The Morgan fingerprint density at radius 3 is 2.41 bits per heavy atom. The summed E-state index contributed by atoms with van der Waals surface area (Å²) in [5.41, 5.74) is 0.734. The van der Waals surface area contributed by atoms with Gasteiger partial charge in [0.25, 0.3) is 0 Å². The van der Waals surface area contributed by atoms with E-state index in [9.17, 15) is 4.79 Å². The average Bonchev–Trinajstić information content (AvgIpc) is 2.30. The number of ether oxygens (including phenoxy) is 1. The van der Waals surface area contributed by atoms with Crippen molar-refractivity contribution in [2.24, 2.45) is 0 Å². The number of carbonyl (C=O) groups excluding carboxylic acids is 1. The van der Waals surface area contributed by atoms with Crippen molar-refractivity contribution in [3.63, 3.8) is 0 Å². The minimum Gasteiger partial charge on any atom is -0.457 e. The summed E-state index contributed by atoms with van der Waals surface area (Å²) in [5, 5.41) is 2.68. The molecule has 3 nitrogen and oxygen atoms in total. The van der Waals surface area contributed by atoms with Crippen LogP contribution in [-0.4, -0.2) is 5.91 Å². The molecule has 1 N–H and O–H groups in total. The predicted octanol–water partition coefficient (Wildman–Crippen LogP) is 3.28. The van der Waals surface area contributed by atoms with Gasteiger partial charge in [0.1, 0.15) is 11.5 Å². The van der Waals surface area contributed by atoms with Crippen LogP contribution in [0.2, 0.25) is 0 Å². The van der Waals surface area contributed by atoms with Gasteiger partial charge in [-0.1, -0.05) is 19.2 Å². The van der Waals surface area contributed by atoms with Crippen molar-refractivity contribution in [1.29, 1.82) is 0 Å². The number of amides is 1. The molecule has 0 fully saturated rings. The molecule has 0 aromatic heterocycles. The van der Waals surface area contributed by atoms with Gasteiger partial charge in [-0.15, -0.1) is 0 Å². The van der Waals surface area contributed by atoms with Gasteiger partial charge in [-0.25, -0.2) is 0 Å². The van der Waals surface area contributed by atoms with Gasteiger partial charge in [-0.2, -0.15) is 0 Å². The molecular weight excluding hydrogens is 214 g/mol. The van der Waals surface area contributed by atoms with E-state index in [2.05, 4.69) is 18.5 Å². The molecule has 0 atom stereocenters. The molecule has 1 aromatic rings. The maximum Gasteiger partial charge on any atom is 0.221 e. The van der Waals surface area contributed by atoms with Crippen LogP contribution in [0, 0.1) is 0 Å². The lowest BCUT2D eigenvalue weighted by atomic mass is 10.3. The SMILES string of the molecule is C=C/C=C(\C=C)Oc1ccc(NC(C)=O)cc1. The largest absolute Gasteiger partial charge is 0.457 e. The summed E-state index contributed by atoms with van der Waals surface area (Å²) in [6.45, 7) is 8.69. The molecule has 1 rings (SSSR count). The van der Waals surface area contributed by atoms with E-state index in [4.69, 9.17) is 4.74 Å². The van der Waals surface area contributed by atoms with Gasteiger partial charge >= 0.3 is 0 Å².